The van der Waals surface area contributed by atoms with Gasteiger partial charge in [0, 0.05) is 11.6 Å². The zero-order valence-electron chi connectivity index (χ0n) is 14.1. The van der Waals surface area contributed by atoms with Crippen LogP contribution in [-0.4, -0.2) is 12.0 Å². The predicted molar refractivity (Wildman–Crippen MR) is 93.5 cm³/mol. The van der Waals surface area contributed by atoms with Crippen molar-refractivity contribution in [1.29, 1.82) is 0 Å². The van der Waals surface area contributed by atoms with Gasteiger partial charge in [0.25, 0.3) is 0 Å². The van der Waals surface area contributed by atoms with E-state index in [4.69, 9.17) is 5.73 Å². The van der Waals surface area contributed by atoms with Crippen LogP contribution >= 0.6 is 0 Å². The van der Waals surface area contributed by atoms with E-state index in [0.717, 1.165) is 18.3 Å². The van der Waals surface area contributed by atoms with E-state index in [1.165, 1.54) is 50.6 Å². The van der Waals surface area contributed by atoms with Crippen molar-refractivity contribution < 1.29 is 0 Å². The fraction of sp³-hybridized carbons (Fsp3) is 0.737. The Hall–Kier alpha value is -1.25. The molecule has 0 amide bonds. The maximum Gasteiger partial charge on any atom is 0.193 e. The molecule has 0 radical (unpaired) electrons. The summed E-state index contributed by atoms with van der Waals surface area (Å²) < 4.78 is 0. The second-order valence-corrected chi connectivity index (χ2v) is 7.19. The third kappa shape index (κ3) is 2.95. The number of aliphatic imine (C=N–C) groups is 1. The van der Waals surface area contributed by atoms with E-state index in [-0.39, 0.29) is 0 Å². The minimum atomic E-state index is 0.381. The molecule has 4 atom stereocenters. The largest absolute Gasteiger partial charge is 0.370 e. The van der Waals surface area contributed by atoms with Crippen molar-refractivity contribution in [3.63, 3.8) is 0 Å². The predicted octanol–water partition coefficient (Wildman–Crippen LogP) is 4.12. The minimum Gasteiger partial charge on any atom is -0.370 e. The van der Waals surface area contributed by atoms with Crippen molar-refractivity contribution in [2.24, 2.45) is 28.5 Å². The Labute approximate surface area is 135 Å². The number of nitrogens with zero attached hydrogens (tertiary/aromatic N) is 1. The summed E-state index contributed by atoms with van der Waals surface area (Å²) in [4.78, 5) is 4.65. The van der Waals surface area contributed by atoms with Crippen LogP contribution in [0.4, 0.5) is 0 Å². The van der Waals surface area contributed by atoms with Crippen LogP contribution in [0, 0.1) is 17.8 Å². The summed E-state index contributed by atoms with van der Waals surface area (Å²) in [7, 11) is 0. The van der Waals surface area contributed by atoms with Gasteiger partial charge in [0.15, 0.2) is 5.96 Å². The third-order valence-corrected chi connectivity index (χ3v) is 5.65. The van der Waals surface area contributed by atoms with E-state index in [1.807, 2.05) is 0 Å². The molecule has 0 aromatic carbocycles. The summed E-state index contributed by atoms with van der Waals surface area (Å²) in [5, 5.41) is 3.47. The van der Waals surface area contributed by atoms with E-state index >= 15 is 0 Å². The lowest BCUT2D eigenvalue weighted by atomic mass is 9.70. The average molecular weight is 301 g/mol. The van der Waals surface area contributed by atoms with Crippen LogP contribution in [-0.2, 0) is 0 Å². The summed E-state index contributed by atoms with van der Waals surface area (Å²) in [6.07, 6.45) is 14.8. The van der Waals surface area contributed by atoms with Gasteiger partial charge in [-0.2, -0.15) is 0 Å². The maximum atomic E-state index is 6.07. The highest BCUT2D eigenvalue weighted by molar-refractivity contribution is 5.82. The number of unbranched alkanes of at least 4 members (excludes halogenated alkanes) is 1. The molecule has 0 spiro atoms. The Balaban J connectivity index is 1.84. The summed E-state index contributed by atoms with van der Waals surface area (Å²) in [6.45, 7) is 4.55. The zero-order valence-corrected chi connectivity index (χ0v) is 14.1. The molecule has 1 heterocycles. The topological polar surface area (TPSA) is 50.4 Å². The van der Waals surface area contributed by atoms with Gasteiger partial charge >= 0.3 is 0 Å². The monoisotopic (exact) mass is 301 g/mol. The number of rotatable bonds is 6. The van der Waals surface area contributed by atoms with Gasteiger partial charge in [0.05, 0.1) is 6.04 Å². The van der Waals surface area contributed by atoms with Crippen LogP contribution in [0.25, 0.3) is 0 Å². The van der Waals surface area contributed by atoms with Gasteiger partial charge in [-0.1, -0.05) is 45.3 Å². The second-order valence-electron chi connectivity index (χ2n) is 7.19. The highest BCUT2D eigenvalue weighted by Crippen LogP contribution is 2.49. The molecule has 0 saturated heterocycles. The molecular formula is C19H31N3. The summed E-state index contributed by atoms with van der Waals surface area (Å²) in [5.41, 5.74) is 9.13. The van der Waals surface area contributed by atoms with Crippen LogP contribution in [0.2, 0.25) is 0 Å². The molecular weight excluding hydrogens is 270 g/mol. The number of hydrogen-bond donors (Lipinski definition) is 2. The molecule has 1 aliphatic heterocycles. The molecule has 3 nitrogen and oxygen atoms in total. The lowest BCUT2D eigenvalue weighted by Gasteiger charge is -2.40. The first-order valence-electron chi connectivity index (χ1n) is 9.23. The summed E-state index contributed by atoms with van der Waals surface area (Å²) in [5.74, 6) is 2.83. The number of hydrogen-bond acceptors (Lipinski definition) is 3. The SMILES string of the molecule is CCC/C=C\C[C@@H]1C2=C3[C@@H](CC[C@@H]3N=C(N)N2)C[C@H]1CCC. The molecule has 122 valence electrons. The lowest BCUT2D eigenvalue weighted by Crippen LogP contribution is -2.44. The van der Waals surface area contributed by atoms with Crippen molar-refractivity contribution in [2.75, 3.05) is 0 Å². The smallest absolute Gasteiger partial charge is 0.193 e. The molecule has 1 fully saturated rings. The Morgan fingerprint density at radius 1 is 1.23 bits per heavy atom. The van der Waals surface area contributed by atoms with Crippen molar-refractivity contribution in [1.82, 2.24) is 5.32 Å². The van der Waals surface area contributed by atoms with E-state index in [2.05, 4.69) is 36.3 Å². The Kier molecular flexibility index (Phi) is 4.90. The molecule has 0 aromatic heterocycles. The standard InChI is InChI=1S/C19H31N3/c1-3-5-6-7-9-15-13(8-4-2)12-14-10-11-16-17(14)18(15)22-19(20)21-16/h6-7,13-16H,3-5,8-12H2,1-2H3,(H3,20,21,22)/b7-6-/t13-,14+,15+,16+/m1/s1. The molecule has 1 saturated carbocycles. The van der Waals surface area contributed by atoms with Crippen LogP contribution in [0.15, 0.2) is 28.4 Å². The molecule has 0 aromatic rings. The fourth-order valence-electron chi connectivity index (χ4n) is 4.73. The highest BCUT2D eigenvalue weighted by atomic mass is 15.1. The molecule has 0 bridgehead atoms. The van der Waals surface area contributed by atoms with Crippen molar-refractivity contribution in [3.05, 3.63) is 23.4 Å². The van der Waals surface area contributed by atoms with Gasteiger partial charge in [0.2, 0.25) is 0 Å². The van der Waals surface area contributed by atoms with Gasteiger partial charge in [-0.05, 0) is 49.5 Å². The number of nitrogens with two attached hydrogens (primary N) is 1. The molecule has 22 heavy (non-hydrogen) atoms. The average Bonchev–Trinajstić information content (AvgIpc) is 2.89. The minimum absolute atomic E-state index is 0.381. The number of guanidine groups is 1. The Morgan fingerprint density at radius 3 is 2.86 bits per heavy atom. The zero-order chi connectivity index (χ0) is 15.5. The summed E-state index contributed by atoms with van der Waals surface area (Å²) in [6, 6.07) is 0.381. The van der Waals surface area contributed by atoms with Crippen LogP contribution < -0.4 is 11.1 Å². The molecule has 3 heteroatoms. The van der Waals surface area contributed by atoms with Crippen LogP contribution in [0.3, 0.4) is 0 Å². The van der Waals surface area contributed by atoms with Gasteiger partial charge in [-0.25, -0.2) is 4.99 Å². The first-order chi connectivity index (χ1) is 10.7. The Bertz CT molecular complexity index is 489. The number of nitrogens with one attached hydrogen (secondary N) is 1. The quantitative estimate of drug-likeness (QED) is 0.725. The normalized spacial score (nSPS) is 33.8. The number of allylic oxidation sites excluding steroid dienone is 3. The first-order valence-corrected chi connectivity index (χ1v) is 9.23. The Morgan fingerprint density at radius 2 is 2.09 bits per heavy atom. The maximum absolute atomic E-state index is 6.07. The fourth-order valence-corrected chi connectivity index (χ4v) is 4.73. The van der Waals surface area contributed by atoms with Gasteiger partial charge in [-0.3, -0.25) is 0 Å². The van der Waals surface area contributed by atoms with Gasteiger partial charge in [0.1, 0.15) is 0 Å². The van der Waals surface area contributed by atoms with Crippen molar-refractivity contribution in [2.45, 2.75) is 71.3 Å². The molecule has 0 unspecified atom stereocenters. The van der Waals surface area contributed by atoms with Crippen LogP contribution in [0.1, 0.15) is 65.2 Å². The third-order valence-electron chi connectivity index (χ3n) is 5.65. The first kappa shape index (κ1) is 15.6. The highest BCUT2D eigenvalue weighted by Gasteiger charge is 2.43. The van der Waals surface area contributed by atoms with Gasteiger partial charge in [-0.15, -0.1) is 0 Å². The molecule has 2 aliphatic carbocycles. The van der Waals surface area contributed by atoms with Gasteiger partial charge < -0.3 is 11.1 Å². The van der Waals surface area contributed by atoms with E-state index in [9.17, 15) is 0 Å². The van der Waals surface area contributed by atoms with Crippen LogP contribution in [0.5, 0.6) is 0 Å². The van der Waals surface area contributed by atoms with Crippen molar-refractivity contribution in [3.8, 4) is 0 Å². The van der Waals surface area contributed by atoms with Crippen molar-refractivity contribution >= 4 is 5.96 Å². The van der Waals surface area contributed by atoms with E-state index in [1.54, 1.807) is 5.57 Å². The second kappa shape index (κ2) is 6.89. The van der Waals surface area contributed by atoms with E-state index in [0.29, 0.717) is 17.9 Å². The summed E-state index contributed by atoms with van der Waals surface area (Å²) >= 11 is 0. The molecule has 3 aliphatic rings. The van der Waals surface area contributed by atoms with E-state index < -0.39 is 0 Å². The molecule has 3 rings (SSSR count). The molecule has 3 N–H and O–H groups in total. The lowest BCUT2D eigenvalue weighted by molar-refractivity contribution is 0.261.